The summed E-state index contributed by atoms with van der Waals surface area (Å²) < 4.78 is 25.0. The molecule has 1 saturated heterocycles. The predicted molar refractivity (Wildman–Crippen MR) is 111 cm³/mol. The first-order valence-corrected chi connectivity index (χ1v) is 9.29. The van der Waals surface area contributed by atoms with Crippen LogP contribution in [0.3, 0.4) is 0 Å². The molecule has 0 unspecified atom stereocenters. The van der Waals surface area contributed by atoms with E-state index < -0.39 is 17.6 Å². The summed E-state index contributed by atoms with van der Waals surface area (Å²) in [5, 5.41) is 10.9. The van der Waals surface area contributed by atoms with Crippen LogP contribution in [-0.2, 0) is 9.59 Å². The van der Waals surface area contributed by atoms with Gasteiger partial charge in [-0.15, -0.1) is 0 Å². The van der Waals surface area contributed by atoms with Crippen molar-refractivity contribution in [2.24, 2.45) is 0 Å². The highest BCUT2D eigenvalue weighted by Gasteiger charge is 2.35. The van der Waals surface area contributed by atoms with Gasteiger partial charge in [0.1, 0.15) is 17.5 Å². The molecule has 2 aromatic carbocycles. The summed E-state index contributed by atoms with van der Waals surface area (Å²) in [6.07, 6.45) is 1.35. The van der Waals surface area contributed by atoms with Gasteiger partial charge in [0.05, 0.1) is 12.3 Å². The number of nitrogens with zero attached hydrogens (tertiary/aromatic N) is 2. The highest BCUT2D eigenvalue weighted by Crippen LogP contribution is 2.30. The zero-order valence-corrected chi connectivity index (χ0v) is 16.7. The Kier molecular flexibility index (Phi) is 6.39. The van der Waals surface area contributed by atoms with Crippen molar-refractivity contribution in [1.82, 2.24) is 5.32 Å². The lowest BCUT2D eigenvalue weighted by atomic mass is 10.1. The fourth-order valence-corrected chi connectivity index (χ4v) is 3.06. The maximum Gasteiger partial charge on any atom is 0.270 e. The van der Waals surface area contributed by atoms with Gasteiger partial charge >= 0.3 is 0 Å². The molecule has 0 bridgehead atoms. The number of nitrogens with one attached hydrogen (secondary N) is 1. The molecule has 0 radical (unpaired) electrons. The van der Waals surface area contributed by atoms with Crippen LogP contribution in [0, 0.1) is 17.1 Å². The van der Waals surface area contributed by atoms with Crippen molar-refractivity contribution in [2.75, 3.05) is 18.1 Å². The molecule has 1 aliphatic rings. The molecule has 2 amide bonds. The Labute approximate surface area is 177 Å². The molecule has 0 atom stereocenters. The van der Waals surface area contributed by atoms with E-state index in [1.54, 1.807) is 31.2 Å². The Morgan fingerprint density at radius 1 is 1.20 bits per heavy atom. The number of rotatable bonds is 6. The number of hydrogen-bond donors (Lipinski definition) is 1. The highest BCUT2D eigenvalue weighted by atomic mass is 32.1. The quantitative estimate of drug-likeness (QED) is 0.435. The lowest BCUT2D eigenvalue weighted by Crippen LogP contribution is -2.54. The van der Waals surface area contributed by atoms with Crippen molar-refractivity contribution < 1.29 is 23.5 Å². The normalized spacial score (nSPS) is 15.0. The fourth-order valence-electron chi connectivity index (χ4n) is 2.79. The maximum absolute atomic E-state index is 14.2. The van der Waals surface area contributed by atoms with E-state index in [4.69, 9.17) is 27.0 Å². The molecule has 1 heterocycles. The second-order valence-corrected chi connectivity index (χ2v) is 6.38. The first-order chi connectivity index (χ1) is 14.5. The first kappa shape index (κ1) is 21.0. The Balaban J connectivity index is 1.99. The van der Waals surface area contributed by atoms with Gasteiger partial charge in [-0.3, -0.25) is 14.9 Å². The molecule has 0 saturated carbocycles. The van der Waals surface area contributed by atoms with Crippen molar-refractivity contribution in [3.8, 4) is 17.6 Å². The fraction of sp³-hybridized carbons (Fsp3) is 0.143. The van der Waals surface area contributed by atoms with Gasteiger partial charge in [-0.25, -0.2) is 9.29 Å². The first-order valence-electron chi connectivity index (χ1n) is 8.88. The topological polar surface area (TPSA) is 91.7 Å². The number of anilines is 1. The number of amides is 2. The van der Waals surface area contributed by atoms with E-state index in [1.807, 2.05) is 6.07 Å². The van der Waals surface area contributed by atoms with Gasteiger partial charge in [0.15, 0.2) is 23.2 Å². The maximum atomic E-state index is 14.2. The zero-order chi connectivity index (χ0) is 21.7. The lowest BCUT2D eigenvalue weighted by Gasteiger charge is -2.29. The number of ether oxygens (including phenoxy) is 2. The van der Waals surface area contributed by atoms with Gasteiger partial charge in [0, 0.05) is 0 Å². The summed E-state index contributed by atoms with van der Waals surface area (Å²) in [6, 6.07) is 12.2. The van der Waals surface area contributed by atoms with Crippen molar-refractivity contribution in [3.05, 3.63) is 59.4 Å². The second kappa shape index (κ2) is 9.15. The third-order valence-corrected chi connectivity index (χ3v) is 4.35. The van der Waals surface area contributed by atoms with E-state index in [2.05, 4.69) is 5.32 Å². The van der Waals surface area contributed by atoms with Crippen LogP contribution in [0.5, 0.6) is 11.5 Å². The number of halogens is 1. The van der Waals surface area contributed by atoms with Crippen LogP contribution < -0.4 is 19.7 Å². The number of nitriles is 1. The van der Waals surface area contributed by atoms with Gasteiger partial charge in [-0.05, 0) is 55.0 Å². The molecular weight excluding hydrogens is 409 g/mol. The van der Waals surface area contributed by atoms with Crippen LogP contribution in [0.4, 0.5) is 10.1 Å². The zero-order valence-electron chi connectivity index (χ0n) is 15.8. The Bertz CT molecular complexity index is 1090. The minimum absolute atomic E-state index is 0.0614. The van der Waals surface area contributed by atoms with Gasteiger partial charge < -0.3 is 9.47 Å². The van der Waals surface area contributed by atoms with Crippen LogP contribution in [0.1, 0.15) is 12.5 Å². The van der Waals surface area contributed by atoms with Crippen molar-refractivity contribution in [3.63, 3.8) is 0 Å². The van der Waals surface area contributed by atoms with Crippen molar-refractivity contribution >= 4 is 40.9 Å². The van der Waals surface area contributed by atoms with E-state index in [0.717, 1.165) is 4.90 Å². The number of carbonyl (C=O) groups is 2. The van der Waals surface area contributed by atoms with Crippen LogP contribution >= 0.6 is 12.2 Å². The molecule has 7 nitrogen and oxygen atoms in total. The molecule has 1 N–H and O–H groups in total. The summed E-state index contributed by atoms with van der Waals surface area (Å²) >= 11 is 5.07. The van der Waals surface area contributed by atoms with Crippen molar-refractivity contribution in [2.45, 2.75) is 6.92 Å². The molecule has 30 heavy (non-hydrogen) atoms. The molecule has 1 fully saturated rings. The molecule has 0 aromatic heterocycles. The molecule has 9 heteroatoms. The predicted octanol–water partition coefficient (Wildman–Crippen LogP) is 2.96. The lowest BCUT2D eigenvalue weighted by molar-refractivity contribution is -0.122. The smallest absolute Gasteiger partial charge is 0.270 e. The van der Waals surface area contributed by atoms with E-state index >= 15 is 0 Å². The molecule has 2 aromatic rings. The average molecular weight is 425 g/mol. The third-order valence-electron chi connectivity index (χ3n) is 4.07. The van der Waals surface area contributed by atoms with Crippen LogP contribution in [0.25, 0.3) is 6.08 Å². The van der Waals surface area contributed by atoms with Crippen molar-refractivity contribution in [1.29, 1.82) is 5.26 Å². The second-order valence-electron chi connectivity index (χ2n) is 6.00. The molecule has 0 aliphatic carbocycles. The molecule has 3 rings (SSSR count). The van der Waals surface area contributed by atoms with Gasteiger partial charge in [-0.1, -0.05) is 18.2 Å². The number of para-hydroxylation sites is 1. The summed E-state index contributed by atoms with van der Waals surface area (Å²) in [6.45, 7) is 1.97. The van der Waals surface area contributed by atoms with E-state index in [1.165, 1.54) is 24.3 Å². The minimum atomic E-state index is -0.753. The van der Waals surface area contributed by atoms with E-state index in [9.17, 15) is 14.0 Å². The Hall–Kier alpha value is -3.77. The Morgan fingerprint density at radius 2 is 1.97 bits per heavy atom. The number of benzene rings is 2. The van der Waals surface area contributed by atoms with E-state index in [-0.39, 0.29) is 23.0 Å². The van der Waals surface area contributed by atoms with Gasteiger partial charge in [0.2, 0.25) is 0 Å². The number of carbonyl (C=O) groups excluding carboxylic acids is 2. The van der Waals surface area contributed by atoms with E-state index in [0.29, 0.717) is 23.7 Å². The van der Waals surface area contributed by atoms with Crippen LogP contribution in [-0.4, -0.2) is 30.1 Å². The molecule has 0 spiro atoms. The monoisotopic (exact) mass is 425 g/mol. The molecule has 1 aliphatic heterocycles. The molecular formula is C21H16FN3O4S. The van der Waals surface area contributed by atoms with Gasteiger partial charge in [-0.2, -0.15) is 5.26 Å². The SMILES string of the molecule is CCOc1cc(/C=C2\C(=O)NC(=S)N(c3ccccc3F)C2=O)ccc1OCC#N. The average Bonchev–Trinajstić information content (AvgIpc) is 2.72. The Morgan fingerprint density at radius 3 is 2.67 bits per heavy atom. The number of thiocarbonyl (C=S) groups is 1. The summed E-state index contributed by atoms with van der Waals surface area (Å²) in [7, 11) is 0. The highest BCUT2D eigenvalue weighted by molar-refractivity contribution is 7.80. The van der Waals surface area contributed by atoms with Gasteiger partial charge in [0.25, 0.3) is 11.8 Å². The summed E-state index contributed by atoms with van der Waals surface area (Å²) in [4.78, 5) is 26.3. The minimum Gasteiger partial charge on any atom is -0.490 e. The number of hydrogen-bond acceptors (Lipinski definition) is 6. The summed E-state index contributed by atoms with van der Waals surface area (Å²) in [5.41, 5.74) is 0.191. The molecule has 152 valence electrons. The summed E-state index contributed by atoms with van der Waals surface area (Å²) in [5.74, 6) is -1.39. The van der Waals surface area contributed by atoms with Crippen LogP contribution in [0.2, 0.25) is 0 Å². The standard InChI is InChI=1S/C21H16FN3O4S/c1-2-28-18-12-13(7-8-17(18)29-10-9-23)11-14-19(26)24-21(30)25(20(14)27)16-6-4-3-5-15(16)22/h3-8,11-12H,2,10H2,1H3,(H,24,26,30)/b14-11+. The van der Waals surface area contributed by atoms with Crippen LogP contribution in [0.15, 0.2) is 48.0 Å². The largest absolute Gasteiger partial charge is 0.490 e. The third kappa shape index (κ3) is 4.29.